The Morgan fingerprint density at radius 3 is 2.41 bits per heavy atom. The second-order valence-corrected chi connectivity index (χ2v) is 7.32. The number of rotatable bonds is 8. The normalized spacial score (nSPS) is 13.3. The number of nitrogens with one attached hydrogen (secondary N) is 1. The number of aliphatic carboxylic acids is 1. The van der Waals surface area contributed by atoms with E-state index in [1.807, 2.05) is 13.8 Å². The Bertz CT molecular complexity index is 663. The van der Waals surface area contributed by atoms with Gasteiger partial charge in [0.05, 0.1) is 5.92 Å². The van der Waals surface area contributed by atoms with Crippen molar-refractivity contribution < 1.29 is 23.1 Å². The third kappa shape index (κ3) is 4.57. The first kappa shape index (κ1) is 18.2. The van der Waals surface area contributed by atoms with Gasteiger partial charge in [-0.05, 0) is 18.4 Å². The van der Waals surface area contributed by atoms with Crippen molar-refractivity contribution in [3.8, 4) is 0 Å². The first-order valence-corrected chi connectivity index (χ1v) is 8.21. The molecule has 1 rings (SSSR count). The van der Waals surface area contributed by atoms with Crippen LogP contribution in [0, 0.1) is 11.8 Å². The Morgan fingerprint density at radius 2 is 2.00 bits per heavy atom. The summed E-state index contributed by atoms with van der Waals surface area (Å²) in [6, 6.07) is 1.16. The molecule has 1 heterocycles. The van der Waals surface area contributed by atoms with Crippen LogP contribution >= 0.6 is 0 Å². The van der Waals surface area contributed by atoms with E-state index < -0.39 is 27.8 Å². The topological polar surface area (TPSA) is 131 Å². The Balaban J connectivity index is 2.89. The van der Waals surface area contributed by atoms with E-state index in [9.17, 15) is 18.0 Å². The van der Waals surface area contributed by atoms with Gasteiger partial charge in [0.2, 0.25) is 10.0 Å². The number of primary amides is 1. The number of sulfonamides is 1. The minimum absolute atomic E-state index is 0.0531. The predicted molar refractivity (Wildman–Crippen MR) is 79.7 cm³/mol. The van der Waals surface area contributed by atoms with E-state index in [4.69, 9.17) is 10.8 Å². The van der Waals surface area contributed by atoms with Gasteiger partial charge in [0, 0.05) is 19.8 Å². The van der Waals surface area contributed by atoms with Crippen molar-refractivity contribution in [3.05, 3.63) is 18.0 Å². The number of carbonyl (C=O) groups is 2. The average molecular weight is 331 g/mol. The molecule has 0 bridgehead atoms. The second-order valence-electron chi connectivity index (χ2n) is 5.55. The zero-order chi connectivity index (χ0) is 17.1. The molecule has 1 amide bonds. The molecule has 1 unspecified atom stereocenters. The standard InChI is InChI=1S/C13H21N3O5S/c1-8(2)4-9(13(18)19)6-15-22(20,21)10-5-11(12(14)17)16(3)7-10/h5,7-9,15H,4,6H2,1-3H3,(H2,14,17)(H,18,19). The van der Waals surface area contributed by atoms with Gasteiger partial charge in [-0.15, -0.1) is 0 Å². The van der Waals surface area contributed by atoms with Gasteiger partial charge in [-0.25, -0.2) is 13.1 Å². The molecule has 0 saturated carbocycles. The monoisotopic (exact) mass is 331 g/mol. The molecule has 1 aromatic rings. The molecule has 1 aromatic heterocycles. The van der Waals surface area contributed by atoms with E-state index in [0.717, 1.165) is 6.07 Å². The van der Waals surface area contributed by atoms with E-state index in [-0.39, 0.29) is 23.1 Å². The molecule has 0 aliphatic carbocycles. The van der Waals surface area contributed by atoms with Gasteiger partial charge in [0.1, 0.15) is 10.6 Å². The lowest BCUT2D eigenvalue weighted by molar-refractivity contribution is -0.142. The minimum atomic E-state index is -3.90. The molecule has 0 aliphatic heterocycles. The van der Waals surface area contributed by atoms with Gasteiger partial charge in [0.25, 0.3) is 5.91 Å². The summed E-state index contributed by atoms with van der Waals surface area (Å²) in [6.07, 6.45) is 1.61. The third-order valence-electron chi connectivity index (χ3n) is 3.17. The Labute approximate surface area is 129 Å². The summed E-state index contributed by atoms with van der Waals surface area (Å²) in [6.45, 7) is 3.51. The van der Waals surface area contributed by atoms with Crippen molar-refractivity contribution in [1.29, 1.82) is 0 Å². The quantitative estimate of drug-likeness (QED) is 0.624. The fraction of sp³-hybridized carbons (Fsp3) is 0.538. The number of nitrogens with zero attached hydrogens (tertiary/aromatic N) is 1. The van der Waals surface area contributed by atoms with Crippen LogP contribution < -0.4 is 10.5 Å². The highest BCUT2D eigenvalue weighted by molar-refractivity contribution is 7.89. The smallest absolute Gasteiger partial charge is 0.307 e. The van der Waals surface area contributed by atoms with Crippen LogP contribution in [-0.2, 0) is 21.9 Å². The van der Waals surface area contributed by atoms with Crippen molar-refractivity contribution in [2.45, 2.75) is 25.2 Å². The Morgan fingerprint density at radius 1 is 1.41 bits per heavy atom. The van der Waals surface area contributed by atoms with Crippen molar-refractivity contribution in [3.63, 3.8) is 0 Å². The molecule has 0 spiro atoms. The van der Waals surface area contributed by atoms with Gasteiger partial charge in [0.15, 0.2) is 0 Å². The van der Waals surface area contributed by atoms with E-state index in [0.29, 0.717) is 6.42 Å². The Hall–Kier alpha value is -1.87. The van der Waals surface area contributed by atoms with Crippen molar-refractivity contribution in [1.82, 2.24) is 9.29 Å². The lowest BCUT2D eigenvalue weighted by atomic mass is 9.98. The van der Waals surface area contributed by atoms with Crippen molar-refractivity contribution in [2.75, 3.05) is 6.54 Å². The average Bonchev–Trinajstić information content (AvgIpc) is 2.76. The number of nitrogens with two attached hydrogens (primary N) is 1. The first-order valence-electron chi connectivity index (χ1n) is 6.73. The highest BCUT2D eigenvalue weighted by Crippen LogP contribution is 2.15. The molecule has 1 atom stereocenters. The van der Waals surface area contributed by atoms with E-state index in [2.05, 4.69) is 4.72 Å². The zero-order valence-electron chi connectivity index (χ0n) is 12.7. The molecule has 8 nitrogen and oxygen atoms in total. The number of carboxylic acid groups (broad SMARTS) is 1. The largest absolute Gasteiger partial charge is 0.481 e. The second kappa shape index (κ2) is 6.93. The van der Waals surface area contributed by atoms with E-state index >= 15 is 0 Å². The van der Waals surface area contributed by atoms with Crippen LogP contribution in [-0.4, -0.2) is 36.5 Å². The summed E-state index contributed by atoms with van der Waals surface area (Å²) in [5, 5.41) is 9.11. The summed E-state index contributed by atoms with van der Waals surface area (Å²) in [5.74, 6) is -2.48. The summed E-state index contributed by atoms with van der Waals surface area (Å²) in [4.78, 5) is 22.2. The maximum absolute atomic E-state index is 12.2. The van der Waals surface area contributed by atoms with Gasteiger partial charge in [-0.2, -0.15) is 0 Å². The molecule has 0 aromatic carbocycles. The van der Waals surface area contributed by atoms with Crippen LogP contribution in [0.15, 0.2) is 17.2 Å². The van der Waals surface area contributed by atoms with Gasteiger partial charge in [-0.1, -0.05) is 13.8 Å². The highest BCUT2D eigenvalue weighted by Gasteiger charge is 2.24. The molecular weight excluding hydrogens is 310 g/mol. The van der Waals surface area contributed by atoms with Gasteiger partial charge >= 0.3 is 5.97 Å². The molecular formula is C13H21N3O5S. The van der Waals surface area contributed by atoms with Crippen LogP contribution in [0.5, 0.6) is 0 Å². The molecule has 0 fully saturated rings. The number of carbonyl (C=O) groups excluding carboxylic acids is 1. The molecule has 0 aliphatic rings. The number of aromatic nitrogens is 1. The van der Waals surface area contributed by atoms with Crippen molar-refractivity contribution in [2.24, 2.45) is 24.6 Å². The fourth-order valence-electron chi connectivity index (χ4n) is 2.06. The van der Waals surface area contributed by atoms with Gasteiger partial charge in [-0.3, -0.25) is 9.59 Å². The highest BCUT2D eigenvalue weighted by atomic mass is 32.2. The molecule has 124 valence electrons. The first-order chi connectivity index (χ1) is 10.0. The summed E-state index contributed by atoms with van der Waals surface area (Å²) in [5.41, 5.74) is 5.19. The zero-order valence-corrected chi connectivity index (χ0v) is 13.6. The number of hydrogen-bond donors (Lipinski definition) is 3. The lowest BCUT2D eigenvalue weighted by Gasteiger charge is -2.15. The van der Waals surface area contributed by atoms with Gasteiger partial charge < -0.3 is 15.4 Å². The third-order valence-corrected chi connectivity index (χ3v) is 4.56. The predicted octanol–water partition coefficient (Wildman–Crippen LogP) is 0.149. The minimum Gasteiger partial charge on any atom is -0.481 e. The Kier molecular flexibility index (Phi) is 5.72. The van der Waals surface area contributed by atoms with Crippen LogP contribution in [0.4, 0.5) is 0 Å². The maximum Gasteiger partial charge on any atom is 0.307 e. The molecule has 0 saturated heterocycles. The van der Waals surface area contributed by atoms with Crippen LogP contribution in [0.1, 0.15) is 30.8 Å². The maximum atomic E-state index is 12.2. The summed E-state index contributed by atoms with van der Waals surface area (Å²) < 4.78 is 27.9. The molecule has 22 heavy (non-hydrogen) atoms. The van der Waals surface area contributed by atoms with Crippen LogP contribution in [0.3, 0.4) is 0 Å². The number of carboxylic acids is 1. The number of aryl methyl sites for hydroxylation is 1. The van der Waals surface area contributed by atoms with Crippen molar-refractivity contribution >= 4 is 21.9 Å². The SMILES string of the molecule is CC(C)CC(CNS(=O)(=O)c1cc(C(N)=O)n(C)c1)C(=O)O. The number of hydrogen-bond acceptors (Lipinski definition) is 4. The van der Waals surface area contributed by atoms with E-state index in [1.165, 1.54) is 17.8 Å². The summed E-state index contributed by atoms with van der Waals surface area (Å²) in [7, 11) is -2.40. The van der Waals surface area contributed by atoms with Crippen LogP contribution in [0.2, 0.25) is 0 Å². The fourth-order valence-corrected chi connectivity index (χ4v) is 3.21. The molecule has 0 radical (unpaired) electrons. The lowest BCUT2D eigenvalue weighted by Crippen LogP contribution is -2.33. The number of amides is 1. The van der Waals surface area contributed by atoms with Crippen LogP contribution in [0.25, 0.3) is 0 Å². The summed E-state index contributed by atoms with van der Waals surface area (Å²) >= 11 is 0. The van der Waals surface area contributed by atoms with E-state index in [1.54, 1.807) is 0 Å². The molecule has 9 heteroatoms. The molecule has 4 N–H and O–H groups in total.